The summed E-state index contributed by atoms with van der Waals surface area (Å²) in [6, 6.07) is 1.97. The number of thiophene rings is 1. The molecule has 0 fully saturated rings. The molecule has 1 aromatic heterocycles. The second-order valence-electron chi connectivity index (χ2n) is 3.18. The summed E-state index contributed by atoms with van der Waals surface area (Å²) < 4.78 is 0. The molecule has 0 aliphatic rings. The summed E-state index contributed by atoms with van der Waals surface area (Å²) in [7, 11) is 0. The van der Waals surface area contributed by atoms with Gasteiger partial charge < -0.3 is 5.32 Å². The Kier molecular flexibility index (Phi) is 4.58. The average molecular weight is 232 g/mol. The van der Waals surface area contributed by atoms with Gasteiger partial charge in [0.25, 0.3) is 0 Å². The highest BCUT2D eigenvalue weighted by molar-refractivity contribution is 7.12. The predicted molar refractivity (Wildman–Crippen MR) is 61.4 cm³/mol. The highest BCUT2D eigenvalue weighted by Crippen LogP contribution is 2.23. The third-order valence-corrected chi connectivity index (χ3v) is 3.30. The summed E-state index contributed by atoms with van der Waals surface area (Å²) >= 11 is 7.27. The molecule has 0 aromatic carbocycles. The molecule has 1 atom stereocenters. The molecular formula is C10H14ClNOS. The van der Waals surface area contributed by atoms with Gasteiger partial charge in [-0.25, -0.2) is 0 Å². The van der Waals surface area contributed by atoms with Crippen LogP contribution in [0.4, 0.5) is 0 Å². The van der Waals surface area contributed by atoms with Gasteiger partial charge in [0.05, 0.1) is 9.90 Å². The quantitative estimate of drug-likeness (QED) is 0.790. The number of hydrogen-bond donors (Lipinski definition) is 1. The van der Waals surface area contributed by atoms with Crippen LogP contribution in [-0.2, 0) is 0 Å². The van der Waals surface area contributed by atoms with Gasteiger partial charge in [-0.15, -0.1) is 11.3 Å². The second-order valence-corrected chi connectivity index (χ2v) is 4.51. The largest absolute Gasteiger partial charge is 0.314 e. The zero-order valence-corrected chi connectivity index (χ0v) is 9.91. The number of Topliss-reactive ketones (excluding diaryl/α,β-unsaturated/α-hetero) is 1. The molecule has 0 aliphatic carbocycles. The van der Waals surface area contributed by atoms with Gasteiger partial charge in [-0.3, -0.25) is 4.79 Å². The molecule has 1 unspecified atom stereocenters. The summed E-state index contributed by atoms with van der Waals surface area (Å²) in [4.78, 5) is 12.4. The molecule has 4 heteroatoms. The Labute approximate surface area is 93.3 Å². The summed E-state index contributed by atoms with van der Waals surface area (Å²) in [6.45, 7) is 4.91. The van der Waals surface area contributed by atoms with E-state index in [0.29, 0.717) is 16.3 Å². The van der Waals surface area contributed by atoms with E-state index >= 15 is 0 Å². The lowest BCUT2D eigenvalue weighted by Crippen LogP contribution is -2.27. The second kappa shape index (κ2) is 5.49. The monoisotopic (exact) mass is 231 g/mol. The van der Waals surface area contributed by atoms with Gasteiger partial charge in [-0.05, 0) is 24.9 Å². The van der Waals surface area contributed by atoms with Crippen molar-refractivity contribution in [3.8, 4) is 0 Å². The van der Waals surface area contributed by atoms with E-state index in [-0.39, 0.29) is 11.8 Å². The number of rotatable bonds is 5. The maximum Gasteiger partial charge on any atom is 0.175 e. The van der Waals surface area contributed by atoms with E-state index in [1.54, 1.807) is 6.07 Å². The number of nitrogens with one attached hydrogen (secondary N) is 1. The zero-order chi connectivity index (χ0) is 10.6. The van der Waals surface area contributed by atoms with E-state index in [4.69, 9.17) is 11.6 Å². The normalized spacial score (nSPS) is 12.8. The van der Waals surface area contributed by atoms with Gasteiger partial charge in [0, 0.05) is 12.5 Å². The minimum absolute atomic E-state index is 0.124. The van der Waals surface area contributed by atoms with Gasteiger partial charge >= 0.3 is 0 Å². The van der Waals surface area contributed by atoms with E-state index < -0.39 is 0 Å². The van der Waals surface area contributed by atoms with E-state index in [2.05, 4.69) is 5.32 Å². The molecule has 14 heavy (non-hydrogen) atoms. The summed E-state index contributed by atoms with van der Waals surface area (Å²) in [5.41, 5.74) is 0. The summed E-state index contributed by atoms with van der Waals surface area (Å²) in [5, 5.41) is 5.61. The maximum atomic E-state index is 11.7. The topological polar surface area (TPSA) is 29.1 Å². The minimum Gasteiger partial charge on any atom is -0.314 e. The SMILES string of the molecule is CCNC(C)CC(=O)c1sccc1Cl. The Morgan fingerprint density at radius 3 is 2.93 bits per heavy atom. The minimum atomic E-state index is 0.124. The van der Waals surface area contributed by atoms with Crippen molar-refractivity contribution in [2.75, 3.05) is 6.54 Å². The van der Waals surface area contributed by atoms with Gasteiger partial charge in [0.2, 0.25) is 0 Å². The van der Waals surface area contributed by atoms with E-state index in [1.807, 2.05) is 19.2 Å². The molecule has 78 valence electrons. The first-order valence-corrected chi connectivity index (χ1v) is 5.90. The molecule has 2 nitrogen and oxygen atoms in total. The van der Waals surface area contributed by atoms with Crippen molar-refractivity contribution in [1.82, 2.24) is 5.32 Å². The standard InChI is InChI=1S/C10H14ClNOS/c1-3-12-7(2)6-9(13)10-8(11)4-5-14-10/h4-5,7,12H,3,6H2,1-2H3. The highest BCUT2D eigenvalue weighted by atomic mass is 35.5. The van der Waals surface area contributed by atoms with Gasteiger partial charge in [-0.1, -0.05) is 18.5 Å². The van der Waals surface area contributed by atoms with Crippen LogP contribution in [0.15, 0.2) is 11.4 Å². The van der Waals surface area contributed by atoms with E-state index in [0.717, 1.165) is 6.54 Å². The fourth-order valence-electron chi connectivity index (χ4n) is 1.28. The van der Waals surface area contributed by atoms with Crippen molar-refractivity contribution in [1.29, 1.82) is 0 Å². The molecule has 0 bridgehead atoms. The fourth-order valence-corrected chi connectivity index (χ4v) is 2.40. The van der Waals surface area contributed by atoms with E-state index in [9.17, 15) is 4.79 Å². The van der Waals surface area contributed by atoms with Crippen molar-refractivity contribution < 1.29 is 4.79 Å². The number of ketones is 1. The van der Waals surface area contributed by atoms with Crippen LogP contribution in [-0.4, -0.2) is 18.4 Å². The lowest BCUT2D eigenvalue weighted by atomic mass is 10.1. The Hall–Kier alpha value is -0.380. The van der Waals surface area contributed by atoms with Crippen LogP contribution in [0.3, 0.4) is 0 Å². The zero-order valence-electron chi connectivity index (χ0n) is 8.34. The fraction of sp³-hybridized carbons (Fsp3) is 0.500. The van der Waals surface area contributed by atoms with Crippen LogP contribution in [0.5, 0.6) is 0 Å². The van der Waals surface area contributed by atoms with Crippen molar-refractivity contribution in [2.45, 2.75) is 26.3 Å². The van der Waals surface area contributed by atoms with Crippen molar-refractivity contribution in [2.24, 2.45) is 0 Å². The molecular weight excluding hydrogens is 218 g/mol. The van der Waals surface area contributed by atoms with Crippen LogP contribution >= 0.6 is 22.9 Å². The van der Waals surface area contributed by atoms with Crippen LogP contribution in [0.2, 0.25) is 5.02 Å². The van der Waals surface area contributed by atoms with Crippen LogP contribution < -0.4 is 5.32 Å². The molecule has 1 N–H and O–H groups in total. The van der Waals surface area contributed by atoms with Crippen LogP contribution in [0.25, 0.3) is 0 Å². The first kappa shape index (κ1) is 11.7. The van der Waals surface area contributed by atoms with Crippen LogP contribution in [0, 0.1) is 0 Å². The lowest BCUT2D eigenvalue weighted by molar-refractivity contribution is 0.0976. The highest BCUT2D eigenvalue weighted by Gasteiger charge is 2.14. The smallest absolute Gasteiger partial charge is 0.175 e. The Bertz CT molecular complexity index is 311. The lowest BCUT2D eigenvalue weighted by Gasteiger charge is -2.10. The number of carbonyl (C=O) groups is 1. The number of carbonyl (C=O) groups excluding carboxylic acids is 1. The van der Waals surface area contributed by atoms with Crippen LogP contribution in [0.1, 0.15) is 29.9 Å². The molecule has 0 saturated carbocycles. The Morgan fingerprint density at radius 1 is 1.71 bits per heavy atom. The maximum absolute atomic E-state index is 11.7. The van der Waals surface area contributed by atoms with E-state index in [1.165, 1.54) is 11.3 Å². The van der Waals surface area contributed by atoms with Gasteiger partial charge in [-0.2, -0.15) is 0 Å². The molecule has 1 heterocycles. The first-order valence-electron chi connectivity index (χ1n) is 4.64. The van der Waals surface area contributed by atoms with Crippen molar-refractivity contribution >= 4 is 28.7 Å². The molecule has 0 radical (unpaired) electrons. The number of halogens is 1. The molecule has 0 amide bonds. The third kappa shape index (κ3) is 3.08. The van der Waals surface area contributed by atoms with Crippen molar-refractivity contribution in [3.63, 3.8) is 0 Å². The predicted octanol–water partition coefficient (Wildman–Crippen LogP) is 2.97. The number of hydrogen-bond acceptors (Lipinski definition) is 3. The Morgan fingerprint density at radius 2 is 2.43 bits per heavy atom. The molecule has 0 saturated heterocycles. The molecule has 1 rings (SSSR count). The Balaban J connectivity index is 2.55. The average Bonchev–Trinajstić information content (AvgIpc) is 2.51. The summed E-state index contributed by atoms with van der Waals surface area (Å²) in [5.74, 6) is 0.124. The first-order chi connectivity index (χ1) is 6.65. The van der Waals surface area contributed by atoms with Crippen molar-refractivity contribution in [3.05, 3.63) is 21.3 Å². The molecule has 1 aromatic rings. The third-order valence-electron chi connectivity index (χ3n) is 1.91. The van der Waals surface area contributed by atoms with Gasteiger partial charge in [0.1, 0.15) is 0 Å². The molecule has 0 aliphatic heterocycles. The summed E-state index contributed by atoms with van der Waals surface area (Å²) in [6.07, 6.45) is 0.508. The molecule has 0 spiro atoms. The van der Waals surface area contributed by atoms with Gasteiger partial charge in [0.15, 0.2) is 5.78 Å².